The highest BCUT2D eigenvalue weighted by atomic mass is 35.5. The fraction of sp³-hybridized carbons (Fsp3) is 0.440. The van der Waals surface area contributed by atoms with Gasteiger partial charge in [-0.25, -0.2) is 0 Å². The Labute approximate surface area is 204 Å². The summed E-state index contributed by atoms with van der Waals surface area (Å²) in [4.78, 5) is 30.3. The third-order valence-electron chi connectivity index (χ3n) is 6.38. The maximum Gasteiger partial charge on any atom is 0.226 e. The Balaban J connectivity index is 1.45. The van der Waals surface area contributed by atoms with Crippen molar-refractivity contribution in [2.24, 2.45) is 5.92 Å². The van der Waals surface area contributed by atoms with Gasteiger partial charge < -0.3 is 9.80 Å². The SMILES string of the molecule is CC(=O)N1CCN(C(=O)[C@@H]2C[C@H]2c2ccc(Sc3ccccc3C(C)C)c(Cl)c2Cl)CC1. The van der Waals surface area contributed by atoms with Crippen molar-refractivity contribution < 1.29 is 9.59 Å². The van der Waals surface area contributed by atoms with Crippen LogP contribution in [-0.4, -0.2) is 47.8 Å². The fourth-order valence-corrected chi connectivity index (χ4v) is 6.15. The average Bonchev–Trinajstić information content (AvgIpc) is 3.57. The highest BCUT2D eigenvalue weighted by molar-refractivity contribution is 7.99. The molecule has 1 aliphatic carbocycles. The van der Waals surface area contributed by atoms with Crippen LogP contribution in [0.3, 0.4) is 0 Å². The normalized spacial score (nSPS) is 20.6. The summed E-state index contributed by atoms with van der Waals surface area (Å²) in [6, 6.07) is 12.4. The van der Waals surface area contributed by atoms with Crippen molar-refractivity contribution in [3.05, 3.63) is 57.6 Å². The van der Waals surface area contributed by atoms with Crippen LogP contribution < -0.4 is 0 Å². The first-order valence-corrected chi connectivity index (χ1v) is 12.6. The highest BCUT2D eigenvalue weighted by Gasteiger charge is 2.47. The second-order valence-corrected chi connectivity index (χ2v) is 10.7. The summed E-state index contributed by atoms with van der Waals surface area (Å²) in [5.41, 5.74) is 2.24. The topological polar surface area (TPSA) is 40.6 Å². The molecule has 170 valence electrons. The molecule has 0 bridgehead atoms. The molecule has 1 heterocycles. The molecular formula is C25H28Cl2N2O2S. The average molecular weight is 491 g/mol. The minimum absolute atomic E-state index is 0.0485. The fourth-order valence-electron chi connectivity index (χ4n) is 4.37. The van der Waals surface area contributed by atoms with E-state index in [1.165, 1.54) is 10.5 Å². The molecule has 2 aromatic rings. The monoisotopic (exact) mass is 490 g/mol. The number of piperazine rings is 1. The van der Waals surface area contributed by atoms with Crippen LogP contribution in [0, 0.1) is 5.92 Å². The lowest BCUT2D eigenvalue weighted by atomic mass is 10.0. The van der Waals surface area contributed by atoms with E-state index in [1.54, 1.807) is 23.6 Å². The molecule has 7 heteroatoms. The first-order chi connectivity index (χ1) is 15.3. The second-order valence-electron chi connectivity index (χ2n) is 8.86. The number of amides is 2. The van der Waals surface area contributed by atoms with E-state index < -0.39 is 0 Å². The quantitative estimate of drug-likeness (QED) is 0.511. The molecule has 4 rings (SSSR count). The summed E-state index contributed by atoms with van der Waals surface area (Å²) in [7, 11) is 0. The summed E-state index contributed by atoms with van der Waals surface area (Å²) in [5, 5.41) is 1.11. The lowest BCUT2D eigenvalue weighted by molar-refractivity contribution is -0.139. The van der Waals surface area contributed by atoms with Gasteiger partial charge in [0.1, 0.15) is 0 Å². The number of benzene rings is 2. The maximum atomic E-state index is 13.0. The summed E-state index contributed by atoms with van der Waals surface area (Å²) in [6.45, 7) is 8.34. The molecule has 32 heavy (non-hydrogen) atoms. The molecule has 1 saturated heterocycles. The summed E-state index contributed by atoms with van der Waals surface area (Å²) < 4.78 is 0. The van der Waals surface area contributed by atoms with Gasteiger partial charge in [0.15, 0.2) is 0 Å². The number of carbonyl (C=O) groups excluding carboxylic acids is 2. The van der Waals surface area contributed by atoms with Crippen LogP contribution in [0.4, 0.5) is 0 Å². The van der Waals surface area contributed by atoms with Gasteiger partial charge in [-0.05, 0) is 41.5 Å². The van der Waals surface area contributed by atoms with E-state index >= 15 is 0 Å². The molecule has 1 saturated carbocycles. The minimum atomic E-state index is -0.0485. The molecule has 0 N–H and O–H groups in total. The van der Waals surface area contributed by atoms with Gasteiger partial charge in [0.05, 0.1) is 10.0 Å². The first kappa shape index (κ1) is 23.5. The third kappa shape index (κ3) is 4.80. The molecule has 0 aromatic heterocycles. The number of hydrogen-bond acceptors (Lipinski definition) is 3. The van der Waals surface area contributed by atoms with E-state index in [9.17, 15) is 9.59 Å². The molecule has 1 aliphatic heterocycles. The van der Waals surface area contributed by atoms with E-state index in [4.69, 9.17) is 23.2 Å². The van der Waals surface area contributed by atoms with Crippen molar-refractivity contribution in [2.45, 2.75) is 48.8 Å². The number of nitrogens with zero attached hydrogens (tertiary/aromatic N) is 2. The van der Waals surface area contributed by atoms with Gasteiger partial charge in [-0.15, -0.1) is 0 Å². The molecule has 0 radical (unpaired) electrons. The highest BCUT2D eigenvalue weighted by Crippen LogP contribution is 2.53. The predicted molar refractivity (Wildman–Crippen MR) is 131 cm³/mol. The summed E-state index contributed by atoms with van der Waals surface area (Å²) in [5.74, 6) is 0.710. The van der Waals surface area contributed by atoms with Gasteiger partial charge in [0.2, 0.25) is 11.8 Å². The molecule has 2 amide bonds. The Kier molecular flexibility index (Phi) is 7.09. The standard InChI is InChI=1S/C25H28Cl2N2O2S/c1-15(2)17-6-4-5-7-21(17)32-22-9-8-18(23(26)24(22)27)19-14-20(19)25(31)29-12-10-28(11-13-29)16(3)30/h4-9,15,19-20H,10-14H2,1-3H3/t19-,20+/m0/s1. The van der Waals surface area contributed by atoms with Crippen molar-refractivity contribution >= 4 is 46.8 Å². The van der Waals surface area contributed by atoms with Crippen molar-refractivity contribution in [3.8, 4) is 0 Å². The molecule has 4 nitrogen and oxygen atoms in total. The Morgan fingerprint density at radius 1 is 0.938 bits per heavy atom. The Morgan fingerprint density at radius 3 is 2.25 bits per heavy atom. The van der Waals surface area contributed by atoms with E-state index in [0.717, 1.165) is 16.9 Å². The van der Waals surface area contributed by atoms with E-state index in [1.807, 2.05) is 23.1 Å². The van der Waals surface area contributed by atoms with Crippen LogP contribution in [0.25, 0.3) is 0 Å². The zero-order valence-electron chi connectivity index (χ0n) is 18.6. The van der Waals surface area contributed by atoms with Gasteiger partial charge in [-0.3, -0.25) is 9.59 Å². The Morgan fingerprint density at radius 2 is 1.59 bits per heavy atom. The lowest BCUT2D eigenvalue weighted by Gasteiger charge is -2.34. The van der Waals surface area contributed by atoms with Crippen molar-refractivity contribution in [3.63, 3.8) is 0 Å². The van der Waals surface area contributed by atoms with Gasteiger partial charge in [-0.2, -0.15) is 0 Å². The minimum Gasteiger partial charge on any atom is -0.339 e. The number of halogens is 2. The summed E-state index contributed by atoms with van der Waals surface area (Å²) in [6.07, 6.45) is 0.796. The lowest BCUT2D eigenvalue weighted by Crippen LogP contribution is -2.50. The molecule has 0 spiro atoms. The first-order valence-electron chi connectivity index (χ1n) is 11.1. The largest absolute Gasteiger partial charge is 0.339 e. The van der Waals surface area contributed by atoms with Gasteiger partial charge in [0.25, 0.3) is 0 Å². The number of rotatable bonds is 5. The predicted octanol–water partition coefficient (Wildman–Crippen LogP) is 6.06. The summed E-state index contributed by atoms with van der Waals surface area (Å²) >= 11 is 15.0. The smallest absolute Gasteiger partial charge is 0.226 e. The Hall–Kier alpha value is -1.69. The number of carbonyl (C=O) groups is 2. The van der Waals surface area contributed by atoms with Crippen LogP contribution in [0.15, 0.2) is 46.2 Å². The second kappa shape index (κ2) is 9.66. The van der Waals surface area contributed by atoms with E-state index in [-0.39, 0.29) is 23.7 Å². The van der Waals surface area contributed by atoms with E-state index in [2.05, 4.69) is 32.0 Å². The van der Waals surface area contributed by atoms with Crippen LogP contribution in [0.2, 0.25) is 10.0 Å². The molecule has 2 fully saturated rings. The Bertz CT molecular complexity index is 1030. The van der Waals surface area contributed by atoms with Crippen LogP contribution in [0.1, 0.15) is 50.2 Å². The van der Waals surface area contributed by atoms with Crippen molar-refractivity contribution in [1.82, 2.24) is 9.80 Å². The van der Waals surface area contributed by atoms with Gasteiger partial charge in [-0.1, -0.05) is 73.1 Å². The molecule has 2 aromatic carbocycles. The van der Waals surface area contributed by atoms with Gasteiger partial charge in [0, 0.05) is 48.8 Å². The van der Waals surface area contributed by atoms with E-state index in [0.29, 0.717) is 42.1 Å². The maximum absolute atomic E-state index is 13.0. The third-order valence-corrected chi connectivity index (χ3v) is 8.54. The van der Waals surface area contributed by atoms with Crippen LogP contribution in [0.5, 0.6) is 0 Å². The van der Waals surface area contributed by atoms with Crippen LogP contribution in [-0.2, 0) is 9.59 Å². The molecule has 2 atom stereocenters. The number of hydrogen-bond donors (Lipinski definition) is 0. The van der Waals surface area contributed by atoms with Crippen molar-refractivity contribution in [2.75, 3.05) is 26.2 Å². The van der Waals surface area contributed by atoms with Crippen molar-refractivity contribution in [1.29, 1.82) is 0 Å². The molecule has 0 unspecified atom stereocenters. The zero-order valence-corrected chi connectivity index (χ0v) is 20.9. The van der Waals surface area contributed by atoms with Crippen LogP contribution >= 0.6 is 35.0 Å². The van der Waals surface area contributed by atoms with Gasteiger partial charge >= 0.3 is 0 Å². The molecule has 2 aliphatic rings. The zero-order chi connectivity index (χ0) is 23.0. The molecular weight excluding hydrogens is 463 g/mol.